The van der Waals surface area contributed by atoms with E-state index in [0.29, 0.717) is 23.0 Å². The number of hydrogen-bond acceptors (Lipinski definition) is 11. The number of hydrogen-bond donors (Lipinski definition) is 5. The van der Waals surface area contributed by atoms with Crippen LogP contribution in [0.4, 0.5) is 17.1 Å². The molecule has 0 bridgehead atoms. The van der Waals surface area contributed by atoms with Gasteiger partial charge in [-0.25, -0.2) is 15.4 Å². The molecule has 216 valence electrons. The van der Waals surface area contributed by atoms with Gasteiger partial charge in [-0.1, -0.05) is 24.3 Å². The van der Waals surface area contributed by atoms with Gasteiger partial charge in [0.15, 0.2) is 5.84 Å². The van der Waals surface area contributed by atoms with E-state index in [1.165, 1.54) is 12.4 Å². The van der Waals surface area contributed by atoms with Crippen LogP contribution >= 0.6 is 0 Å². The smallest absolute Gasteiger partial charge is 0.270 e. The van der Waals surface area contributed by atoms with E-state index < -0.39 is 22.7 Å². The zero-order chi connectivity index (χ0) is 30.2. The summed E-state index contributed by atoms with van der Waals surface area (Å²) in [6, 6.07) is 12.0. The molecule has 13 heteroatoms. The topological polar surface area (TPSA) is 190 Å². The molecule has 2 heterocycles. The summed E-state index contributed by atoms with van der Waals surface area (Å²) in [6.07, 6.45) is 2.67. The molecule has 0 saturated heterocycles. The van der Waals surface area contributed by atoms with Gasteiger partial charge in [0, 0.05) is 23.9 Å². The number of amidine groups is 1. The van der Waals surface area contributed by atoms with E-state index in [-0.39, 0.29) is 35.3 Å². The number of anilines is 3. The maximum Gasteiger partial charge on any atom is 0.270 e. The second-order valence-electron chi connectivity index (χ2n) is 10.2. The summed E-state index contributed by atoms with van der Waals surface area (Å²) >= 11 is 0. The van der Waals surface area contributed by atoms with Crippen LogP contribution in [0.2, 0.25) is 0 Å². The number of amides is 2. The number of nitrogen functional groups attached to an aromatic ring is 1. The van der Waals surface area contributed by atoms with Crippen LogP contribution in [0.5, 0.6) is 0 Å². The Kier molecular flexibility index (Phi) is 6.90. The fourth-order valence-corrected chi connectivity index (χ4v) is 5.23. The minimum Gasteiger partial charge on any atom is -0.394 e. The second kappa shape index (κ2) is 10.9. The number of hydroxylamine groups is 1. The molecular formula is C30H26N8O5. The Balaban J connectivity index is 1.09. The predicted octanol–water partition coefficient (Wildman–Crippen LogP) is 1.81. The minimum absolute atomic E-state index is 0.0342. The van der Waals surface area contributed by atoms with Crippen LogP contribution in [0.3, 0.4) is 0 Å². The number of carbonyl (C=O) groups excluding carboxylic acids is 2. The Labute approximate surface area is 244 Å². The number of aromatic nitrogens is 2. The van der Waals surface area contributed by atoms with Crippen molar-refractivity contribution in [3.05, 3.63) is 121 Å². The third-order valence-electron chi connectivity index (χ3n) is 7.48. The number of nitrogens with one attached hydrogen (secondary N) is 4. The van der Waals surface area contributed by atoms with E-state index in [9.17, 15) is 19.2 Å². The van der Waals surface area contributed by atoms with Crippen LogP contribution in [-0.4, -0.2) is 27.6 Å². The minimum atomic E-state index is -0.711. The molecule has 0 spiro atoms. The van der Waals surface area contributed by atoms with Crippen molar-refractivity contribution in [3.8, 4) is 0 Å². The Hall–Kier alpha value is -5.85. The van der Waals surface area contributed by atoms with Crippen LogP contribution < -0.4 is 38.0 Å². The zero-order valence-electron chi connectivity index (χ0n) is 23.0. The van der Waals surface area contributed by atoms with Crippen molar-refractivity contribution in [1.29, 1.82) is 0 Å². The van der Waals surface area contributed by atoms with E-state index in [0.717, 1.165) is 35.1 Å². The molecule has 13 nitrogen and oxygen atoms in total. The van der Waals surface area contributed by atoms with Crippen molar-refractivity contribution < 1.29 is 14.4 Å². The standard InChI is InChI=1S/C30H26N8O5/c1-14-18-8-9-21(20(18)7-6-19(14)28-35-15(2)43-38-28)37-30(42)23-11-22(33-13-34-23)29(41)32-12-16-4-3-5-17(10-16)36-25-24(31)26(39)27(25)40/h3-7,10-11,13,21,36H,2,8-9,12,31H2,1H3,(H,32,41)(H,35,38)(H,37,42)/t21-/m0/s1. The first-order valence-corrected chi connectivity index (χ1v) is 13.4. The molecule has 0 radical (unpaired) electrons. The Bertz CT molecular complexity index is 1920. The third-order valence-corrected chi connectivity index (χ3v) is 7.48. The fraction of sp³-hybridized carbons (Fsp3) is 0.167. The highest BCUT2D eigenvalue weighted by Crippen LogP contribution is 2.35. The van der Waals surface area contributed by atoms with Crippen LogP contribution in [0, 0.1) is 6.92 Å². The number of aliphatic imine (C=N–C) groups is 1. The first-order chi connectivity index (χ1) is 20.7. The maximum absolute atomic E-state index is 13.1. The molecule has 2 amide bonds. The molecule has 43 heavy (non-hydrogen) atoms. The molecule has 6 rings (SSSR count). The fourth-order valence-electron chi connectivity index (χ4n) is 5.23. The molecule has 0 saturated carbocycles. The molecule has 2 aliphatic rings. The maximum atomic E-state index is 13.1. The Morgan fingerprint density at radius 3 is 2.63 bits per heavy atom. The summed E-state index contributed by atoms with van der Waals surface area (Å²) < 4.78 is 0. The first-order valence-electron chi connectivity index (χ1n) is 13.4. The van der Waals surface area contributed by atoms with Gasteiger partial charge in [-0.3, -0.25) is 19.2 Å². The third kappa shape index (κ3) is 5.19. The van der Waals surface area contributed by atoms with Gasteiger partial charge in [-0.05, 0) is 60.7 Å². The largest absolute Gasteiger partial charge is 0.394 e. The number of rotatable bonds is 8. The molecule has 3 aromatic carbocycles. The van der Waals surface area contributed by atoms with Crippen molar-refractivity contribution in [3.63, 3.8) is 0 Å². The quantitative estimate of drug-likeness (QED) is 0.193. The van der Waals surface area contributed by atoms with Crippen molar-refractivity contribution in [1.82, 2.24) is 26.1 Å². The number of nitrogens with two attached hydrogens (primary N) is 1. The van der Waals surface area contributed by atoms with E-state index in [1.807, 2.05) is 19.1 Å². The summed E-state index contributed by atoms with van der Waals surface area (Å²) in [4.78, 5) is 66.5. The molecular weight excluding hydrogens is 552 g/mol. The number of carbonyl (C=O) groups is 2. The lowest BCUT2D eigenvalue weighted by Crippen LogP contribution is -2.36. The van der Waals surface area contributed by atoms with Crippen molar-refractivity contribution in [2.24, 2.45) is 4.99 Å². The molecule has 4 aromatic rings. The predicted molar refractivity (Wildman–Crippen MR) is 158 cm³/mol. The molecule has 0 unspecified atom stereocenters. The van der Waals surface area contributed by atoms with Gasteiger partial charge >= 0.3 is 0 Å². The molecule has 0 fully saturated rings. The number of benzene rings is 2. The molecule has 1 aliphatic carbocycles. The molecule has 1 atom stereocenters. The van der Waals surface area contributed by atoms with Gasteiger partial charge in [-0.15, -0.1) is 0 Å². The van der Waals surface area contributed by atoms with Gasteiger partial charge in [0.2, 0.25) is 5.88 Å². The van der Waals surface area contributed by atoms with E-state index in [4.69, 9.17) is 10.6 Å². The van der Waals surface area contributed by atoms with Gasteiger partial charge in [0.05, 0.1) is 6.04 Å². The summed E-state index contributed by atoms with van der Waals surface area (Å²) in [5.74, 6) is -0.0179. The van der Waals surface area contributed by atoms with Gasteiger partial charge in [0.1, 0.15) is 29.1 Å². The lowest BCUT2D eigenvalue weighted by Gasteiger charge is -2.16. The highest BCUT2D eigenvalue weighted by molar-refractivity contribution is 6.01. The van der Waals surface area contributed by atoms with Gasteiger partial charge < -0.3 is 26.5 Å². The highest BCUT2D eigenvalue weighted by Gasteiger charge is 2.28. The van der Waals surface area contributed by atoms with Crippen molar-refractivity contribution in [2.45, 2.75) is 32.4 Å². The normalized spacial score (nSPS) is 15.3. The SMILES string of the molecule is C=C1N=C(c2ccc3c(c2C)CC[C@@H]3NC(=O)c2cc(C(=O)NCc3cccc(Nc4c(N)c(=O)c4=O)c3)ncn2)NO1. The van der Waals surface area contributed by atoms with Gasteiger partial charge in [0.25, 0.3) is 22.7 Å². The average molecular weight is 579 g/mol. The average Bonchev–Trinajstić information content (AvgIpc) is 3.64. The van der Waals surface area contributed by atoms with E-state index in [2.05, 4.69) is 43.0 Å². The lowest BCUT2D eigenvalue weighted by atomic mass is 9.97. The summed E-state index contributed by atoms with van der Waals surface area (Å²) in [6.45, 7) is 5.84. The Morgan fingerprint density at radius 2 is 1.88 bits per heavy atom. The van der Waals surface area contributed by atoms with Crippen molar-refractivity contribution >= 4 is 34.7 Å². The zero-order valence-corrected chi connectivity index (χ0v) is 23.0. The summed E-state index contributed by atoms with van der Waals surface area (Å²) in [5, 5.41) is 8.63. The molecule has 1 aliphatic heterocycles. The monoisotopic (exact) mass is 578 g/mol. The van der Waals surface area contributed by atoms with Crippen LogP contribution in [0.25, 0.3) is 0 Å². The van der Waals surface area contributed by atoms with Crippen LogP contribution in [-0.2, 0) is 17.8 Å². The molecule has 6 N–H and O–H groups in total. The van der Waals surface area contributed by atoms with Crippen molar-refractivity contribution in [2.75, 3.05) is 11.1 Å². The number of nitrogens with zero attached hydrogens (tertiary/aromatic N) is 3. The van der Waals surface area contributed by atoms with Crippen LogP contribution in [0.15, 0.2) is 75.8 Å². The number of fused-ring (bicyclic) bond motifs is 1. The lowest BCUT2D eigenvalue weighted by molar-refractivity contribution is 0.0931. The Morgan fingerprint density at radius 1 is 1.09 bits per heavy atom. The van der Waals surface area contributed by atoms with Crippen LogP contribution in [0.1, 0.15) is 61.3 Å². The van der Waals surface area contributed by atoms with E-state index in [1.54, 1.807) is 24.3 Å². The highest BCUT2D eigenvalue weighted by atomic mass is 16.7. The second-order valence-corrected chi connectivity index (χ2v) is 10.2. The molecule has 1 aromatic heterocycles. The first kappa shape index (κ1) is 27.3. The van der Waals surface area contributed by atoms with Gasteiger partial charge in [-0.2, -0.15) is 4.99 Å². The van der Waals surface area contributed by atoms with E-state index >= 15 is 0 Å². The summed E-state index contributed by atoms with van der Waals surface area (Å²) in [5.41, 5.74) is 12.4. The summed E-state index contributed by atoms with van der Waals surface area (Å²) in [7, 11) is 0.